The first kappa shape index (κ1) is 13.2. The van der Waals surface area contributed by atoms with Gasteiger partial charge in [0.05, 0.1) is 5.56 Å². The van der Waals surface area contributed by atoms with Gasteiger partial charge in [0.2, 0.25) is 0 Å². The molecule has 4 heteroatoms. The van der Waals surface area contributed by atoms with E-state index >= 15 is 0 Å². The molecule has 21 heavy (non-hydrogen) atoms. The van der Waals surface area contributed by atoms with Gasteiger partial charge in [-0.1, -0.05) is 6.07 Å². The van der Waals surface area contributed by atoms with Crippen molar-refractivity contribution in [2.75, 3.05) is 6.61 Å². The molecule has 0 amide bonds. The van der Waals surface area contributed by atoms with E-state index in [1.165, 1.54) is 12.1 Å². The Kier molecular flexibility index (Phi) is 3.11. The molecule has 1 N–H and O–H groups in total. The van der Waals surface area contributed by atoms with Crippen LogP contribution in [-0.2, 0) is 0 Å². The van der Waals surface area contributed by atoms with Crippen molar-refractivity contribution < 1.29 is 14.2 Å². The molecular formula is C17H12FNO2. The summed E-state index contributed by atoms with van der Waals surface area (Å²) in [5.41, 5.74) is 3.39. The number of ether oxygens (including phenoxy) is 1. The molecular weight excluding hydrogens is 269 g/mol. The lowest BCUT2D eigenvalue weighted by Gasteiger charge is -2.22. The molecule has 2 aromatic rings. The van der Waals surface area contributed by atoms with Crippen molar-refractivity contribution in [1.82, 2.24) is 0 Å². The summed E-state index contributed by atoms with van der Waals surface area (Å²) < 4.78 is 19.1. The van der Waals surface area contributed by atoms with E-state index < -0.39 is 5.82 Å². The van der Waals surface area contributed by atoms with Crippen molar-refractivity contribution in [1.29, 1.82) is 5.26 Å². The van der Waals surface area contributed by atoms with Gasteiger partial charge in [-0.2, -0.15) is 5.26 Å². The molecule has 0 spiro atoms. The van der Waals surface area contributed by atoms with E-state index in [0.717, 1.165) is 22.3 Å². The van der Waals surface area contributed by atoms with E-state index in [-0.39, 0.29) is 11.3 Å². The Morgan fingerprint density at radius 3 is 2.81 bits per heavy atom. The van der Waals surface area contributed by atoms with Crippen molar-refractivity contribution in [3.8, 4) is 17.6 Å². The normalized spacial score (nSPS) is 13.4. The first-order valence-corrected chi connectivity index (χ1v) is 6.46. The molecule has 0 saturated heterocycles. The second-order valence-corrected chi connectivity index (χ2v) is 4.88. The molecule has 0 bridgehead atoms. The molecule has 1 aliphatic rings. The number of benzene rings is 2. The first-order chi connectivity index (χ1) is 10.1. The monoisotopic (exact) mass is 281 g/mol. The molecule has 104 valence electrons. The fourth-order valence-corrected chi connectivity index (χ4v) is 2.46. The smallest absolute Gasteiger partial charge is 0.140 e. The molecule has 2 aromatic carbocycles. The lowest BCUT2D eigenvalue weighted by Crippen LogP contribution is -2.09. The van der Waals surface area contributed by atoms with Gasteiger partial charge in [0.15, 0.2) is 0 Å². The number of nitrogens with zero attached hydrogens (tertiary/aromatic N) is 1. The summed E-state index contributed by atoms with van der Waals surface area (Å²) in [7, 11) is 0. The summed E-state index contributed by atoms with van der Waals surface area (Å²) in [6, 6.07) is 11.2. The Hall–Kier alpha value is -2.80. The number of halogens is 1. The summed E-state index contributed by atoms with van der Waals surface area (Å²) in [5.74, 6) is 0.334. The van der Waals surface area contributed by atoms with Crippen molar-refractivity contribution in [3.05, 3.63) is 58.9 Å². The molecule has 0 aliphatic carbocycles. The Morgan fingerprint density at radius 2 is 2.05 bits per heavy atom. The molecule has 3 rings (SSSR count). The highest BCUT2D eigenvalue weighted by Crippen LogP contribution is 2.38. The zero-order valence-corrected chi connectivity index (χ0v) is 11.4. The molecule has 0 unspecified atom stereocenters. The predicted octanol–water partition coefficient (Wildman–Crippen LogP) is 3.73. The number of allylic oxidation sites excluding steroid dienone is 1. The Balaban J connectivity index is 2.15. The van der Waals surface area contributed by atoms with E-state index in [2.05, 4.69) is 0 Å². The van der Waals surface area contributed by atoms with Gasteiger partial charge in [-0.25, -0.2) is 4.39 Å². The van der Waals surface area contributed by atoms with Crippen LogP contribution >= 0.6 is 0 Å². The van der Waals surface area contributed by atoms with Gasteiger partial charge >= 0.3 is 0 Å². The van der Waals surface area contributed by atoms with Crippen LogP contribution in [0.3, 0.4) is 0 Å². The summed E-state index contributed by atoms with van der Waals surface area (Å²) in [4.78, 5) is 0. The fourth-order valence-electron chi connectivity index (χ4n) is 2.46. The number of hydrogen-bond donors (Lipinski definition) is 1. The van der Waals surface area contributed by atoms with Gasteiger partial charge in [-0.3, -0.25) is 0 Å². The van der Waals surface area contributed by atoms with Crippen LogP contribution in [-0.4, -0.2) is 11.7 Å². The Morgan fingerprint density at radius 1 is 1.24 bits per heavy atom. The SMILES string of the molecule is CC1=C(c2ccc(F)c(C#N)c2)COc2ccc(O)cc21. The number of phenolic OH excluding ortho intramolecular Hbond substituents is 1. The molecule has 3 nitrogen and oxygen atoms in total. The molecule has 0 aromatic heterocycles. The predicted molar refractivity (Wildman–Crippen MR) is 77.2 cm³/mol. The molecule has 0 atom stereocenters. The minimum Gasteiger partial charge on any atom is -0.508 e. The van der Waals surface area contributed by atoms with Crippen molar-refractivity contribution in [2.45, 2.75) is 6.92 Å². The van der Waals surface area contributed by atoms with Crippen LogP contribution in [0.2, 0.25) is 0 Å². The maximum absolute atomic E-state index is 13.4. The summed E-state index contributed by atoms with van der Waals surface area (Å²) >= 11 is 0. The number of fused-ring (bicyclic) bond motifs is 1. The molecule has 1 heterocycles. The maximum atomic E-state index is 13.4. The Labute approximate surface area is 121 Å². The van der Waals surface area contributed by atoms with Gasteiger partial charge in [0.1, 0.15) is 30.0 Å². The number of hydrogen-bond acceptors (Lipinski definition) is 3. The average molecular weight is 281 g/mol. The van der Waals surface area contributed by atoms with Crippen LogP contribution in [0.1, 0.15) is 23.6 Å². The molecule has 1 aliphatic heterocycles. The molecule has 0 fully saturated rings. The summed E-state index contributed by atoms with van der Waals surface area (Å²) in [6.07, 6.45) is 0. The Bertz CT molecular complexity index is 803. The standard InChI is InChI=1S/C17H12FNO2/c1-10-14-7-13(20)3-5-17(14)21-9-15(10)11-2-4-16(18)12(6-11)8-19/h2-7,20H,9H2,1H3. The fraction of sp³-hybridized carbons (Fsp3) is 0.118. The zero-order valence-electron chi connectivity index (χ0n) is 11.4. The lowest BCUT2D eigenvalue weighted by molar-refractivity contribution is 0.363. The number of aromatic hydroxyl groups is 1. The quantitative estimate of drug-likeness (QED) is 0.866. The second kappa shape index (κ2) is 4.95. The van der Waals surface area contributed by atoms with Crippen molar-refractivity contribution >= 4 is 11.1 Å². The third-order valence-electron chi connectivity index (χ3n) is 3.63. The molecule has 0 saturated carbocycles. The van der Waals surface area contributed by atoms with E-state index in [1.807, 2.05) is 13.0 Å². The largest absolute Gasteiger partial charge is 0.508 e. The zero-order chi connectivity index (χ0) is 15.0. The highest BCUT2D eigenvalue weighted by molar-refractivity contribution is 5.94. The summed E-state index contributed by atoms with van der Waals surface area (Å²) in [6.45, 7) is 2.27. The number of nitriles is 1. The van der Waals surface area contributed by atoms with Crippen molar-refractivity contribution in [3.63, 3.8) is 0 Å². The molecule has 0 radical (unpaired) electrons. The summed E-state index contributed by atoms with van der Waals surface area (Å²) in [5, 5.41) is 18.5. The second-order valence-electron chi connectivity index (χ2n) is 4.88. The van der Waals surface area contributed by atoms with E-state index in [0.29, 0.717) is 12.4 Å². The first-order valence-electron chi connectivity index (χ1n) is 6.46. The highest BCUT2D eigenvalue weighted by atomic mass is 19.1. The van der Waals surface area contributed by atoms with Gasteiger partial charge in [0.25, 0.3) is 0 Å². The van der Waals surface area contributed by atoms with Crippen LogP contribution < -0.4 is 4.74 Å². The van der Waals surface area contributed by atoms with Crippen molar-refractivity contribution in [2.24, 2.45) is 0 Å². The lowest BCUT2D eigenvalue weighted by atomic mass is 9.93. The van der Waals surface area contributed by atoms with Gasteiger partial charge < -0.3 is 9.84 Å². The van der Waals surface area contributed by atoms with Crippen LogP contribution in [0.25, 0.3) is 11.1 Å². The van der Waals surface area contributed by atoms with Gasteiger partial charge in [-0.05, 0) is 48.4 Å². The highest BCUT2D eigenvalue weighted by Gasteiger charge is 2.19. The van der Waals surface area contributed by atoms with Crippen LogP contribution in [0.4, 0.5) is 4.39 Å². The minimum atomic E-state index is -0.533. The average Bonchev–Trinajstić information content (AvgIpc) is 2.49. The minimum absolute atomic E-state index is 0.00880. The third kappa shape index (κ3) is 2.23. The van der Waals surface area contributed by atoms with Crippen LogP contribution in [0, 0.1) is 17.1 Å². The number of rotatable bonds is 1. The van der Waals surface area contributed by atoms with Gasteiger partial charge in [-0.15, -0.1) is 0 Å². The van der Waals surface area contributed by atoms with Gasteiger partial charge in [0, 0.05) is 11.1 Å². The maximum Gasteiger partial charge on any atom is 0.140 e. The van der Waals surface area contributed by atoms with E-state index in [9.17, 15) is 9.50 Å². The topological polar surface area (TPSA) is 53.2 Å². The van der Waals surface area contributed by atoms with Crippen LogP contribution in [0.15, 0.2) is 36.4 Å². The van der Waals surface area contributed by atoms with E-state index in [4.69, 9.17) is 10.00 Å². The van der Waals surface area contributed by atoms with E-state index in [1.54, 1.807) is 24.3 Å². The third-order valence-corrected chi connectivity index (χ3v) is 3.63. The van der Waals surface area contributed by atoms with Crippen LogP contribution in [0.5, 0.6) is 11.5 Å². The number of phenols is 1.